The van der Waals surface area contributed by atoms with Crippen LogP contribution in [-0.2, 0) is 0 Å². The fourth-order valence-corrected chi connectivity index (χ4v) is 4.30. The van der Waals surface area contributed by atoms with Crippen LogP contribution >= 0.6 is 11.6 Å². The third-order valence-electron chi connectivity index (χ3n) is 5.82. The van der Waals surface area contributed by atoms with Crippen molar-refractivity contribution in [2.24, 2.45) is 0 Å². The predicted molar refractivity (Wildman–Crippen MR) is 139 cm³/mol. The van der Waals surface area contributed by atoms with E-state index in [4.69, 9.17) is 28.2 Å². The summed E-state index contributed by atoms with van der Waals surface area (Å²) >= 11 is 6.68. The second-order valence-corrected chi connectivity index (χ2v) is 8.69. The molecule has 1 aliphatic heterocycles. The summed E-state index contributed by atoms with van der Waals surface area (Å²) < 4.78 is 6.31. The largest absolute Gasteiger partial charge is 0.456 e. The van der Waals surface area contributed by atoms with Gasteiger partial charge in [0, 0.05) is 42.0 Å². The van der Waals surface area contributed by atoms with Crippen molar-refractivity contribution in [2.45, 2.75) is 19.3 Å². The van der Waals surface area contributed by atoms with Crippen LogP contribution in [0.2, 0.25) is 0 Å². The molecule has 2 aromatic rings. The Morgan fingerprint density at radius 2 is 1.94 bits per heavy atom. The highest BCUT2D eigenvalue weighted by atomic mass is 35.5. The summed E-state index contributed by atoms with van der Waals surface area (Å²) in [5, 5.41) is 9.73. The summed E-state index contributed by atoms with van der Waals surface area (Å²) in [4.78, 5) is 5.31. The van der Waals surface area contributed by atoms with Crippen LogP contribution in [0.1, 0.15) is 30.4 Å². The fraction of sp³-hybridized carbons (Fsp3) is 0.172. The number of allylic oxidation sites excluding steroid dienone is 9. The summed E-state index contributed by atoms with van der Waals surface area (Å²) in [6, 6.07) is 18.2. The number of anilines is 1. The molecule has 0 bridgehead atoms. The summed E-state index contributed by atoms with van der Waals surface area (Å²) in [5.41, 5.74) is 6.01. The molecule has 0 aromatic heterocycles. The Kier molecular flexibility index (Phi) is 7.02. The maximum atomic E-state index is 9.10. The van der Waals surface area contributed by atoms with Crippen LogP contribution in [0.5, 0.6) is 5.75 Å². The van der Waals surface area contributed by atoms with E-state index < -0.39 is 0 Å². The summed E-state index contributed by atoms with van der Waals surface area (Å²) in [7, 11) is 4.02. The predicted octanol–water partition coefficient (Wildman–Crippen LogP) is 7.50. The van der Waals surface area contributed by atoms with E-state index >= 15 is 0 Å². The smallest absolute Gasteiger partial charge is 0.262 e. The Bertz CT molecular complexity index is 1330. The number of rotatable bonds is 4. The first kappa shape index (κ1) is 23.2. The van der Waals surface area contributed by atoms with E-state index in [1.54, 1.807) is 6.08 Å². The molecule has 0 unspecified atom stereocenters. The molecule has 168 valence electrons. The molecule has 0 saturated heterocycles. The SMILES string of the molecule is [C-]#[N+]/C(C#N)=C/C1=C(Cl)C(=C/C=C2\C=C(c3ccccc3)Oc3cc(N(C)C)ccc32)/CCC1. The molecule has 0 fully saturated rings. The molecule has 0 radical (unpaired) electrons. The van der Waals surface area contributed by atoms with Gasteiger partial charge in [0.25, 0.3) is 5.70 Å². The molecule has 0 amide bonds. The lowest BCUT2D eigenvalue weighted by Gasteiger charge is -2.23. The van der Waals surface area contributed by atoms with Gasteiger partial charge in [0.2, 0.25) is 0 Å². The van der Waals surface area contributed by atoms with Gasteiger partial charge in [-0.25, -0.2) is 10.1 Å². The van der Waals surface area contributed by atoms with Crippen molar-refractivity contribution in [1.82, 2.24) is 0 Å². The molecule has 5 heteroatoms. The molecule has 2 aromatic carbocycles. The third kappa shape index (κ3) is 4.99. The van der Waals surface area contributed by atoms with E-state index in [0.717, 1.165) is 64.3 Å². The number of hydrogen-bond donors (Lipinski definition) is 0. The van der Waals surface area contributed by atoms with Crippen molar-refractivity contribution in [3.63, 3.8) is 0 Å². The highest BCUT2D eigenvalue weighted by Gasteiger charge is 2.19. The van der Waals surface area contributed by atoms with Crippen molar-refractivity contribution < 1.29 is 4.74 Å². The second kappa shape index (κ2) is 10.3. The first-order valence-corrected chi connectivity index (χ1v) is 11.4. The molecule has 0 saturated carbocycles. The molecular formula is C29H24ClN3O. The zero-order valence-electron chi connectivity index (χ0n) is 19.2. The lowest BCUT2D eigenvalue weighted by atomic mass is 9.92. The highest BCUT2D eigenvalue weighted by Crippen LogP contribution is 2.40. The number of nitrogens with zero attached hydrogens (tertiary/aromatic N) is 3. The van der Waals surface area contributed by atoms with E-state index in [9.17, 15) is 0 Å². The van der Waals surface area contributed by atoms with Gasteiger partial charge in [0.15, 0.2) is 0 Å². The fourth-order valence-electron chi connectivity index (χ4n) is 3.99. The normalized spacial score (nSPS) is 18.0. The Hall–Kier alpha value is -3.99. The van der Waals surface area contributed by atoms with Crippen LogP contribution in [0.3, 0.4) is 0 Å². The molecule has 2 aliphatic rings. The zero-order chi connectivity index (χ0) is 24.1. The van der Waals surface area contributed by atoms with Crippen LogP contribution in [0.15, 0.2) is 94.7 Å². The monoisotopic (exact) mass is 465 g/mol. The molecule has 34 heavy (non-hydrogen) atoms. The van der Waals surface area contributed by atoms with E-state index in [1.807, 2.05) is 56.6 Å². The number of fused-ring (bicyclic) bond motifs is 1. The van der Waals surface area contributed by atoms with Gasteiger partial charge in [-0.1, -0.05) is 54.1 Å². The average Bonchev–Trinajstić information content (AvgIpc) is 2.87. The Balaban J connectivity index is 1.79. The first-order valence-electron chi connectivity index (χ1n) is 11.1. The van der Waals surface area contributed by atoms with Crippen LogP contribution in [0.25, 0.3) is 16.2 Å². The zero-order valence-corrected chi connectivity index (χ0v) is 19.9. The van der Waals surface area contributed by atoms with Gasteiger partial charge in [0.05, 0.1) is 12.6 Å². The minimum absolute atomic E-state index is 0.0539. The molecule has 0 spiro atoms. The quantitative estimate of drug-likeness (QED) is 0.346. The summed E-state index contributed by atoms with van der Waals surface area (Å²) in [6.07, 6.45) is 10.3. The van der Waals surface area contributed by atoms with Gasteiger partial charge in [-0.15, -0.1) is 0 Å². The minimum Gasteiger partial charge on any atom is -0.456 e. The highest BCUT2D eigenvalue weighted by molar-refractivity contribution is 6.32. The minimum atomic E-state index is 0.0539. The Morgan fingerprint density at radius 1 is 1.15 bits per heavy atom. The van der Waals surface area contributed by atoms with E-state index in [0.29, 0.717) is 5.03 Å². The van der Waals surface area contributed by atoms with Crippen molar-refractivity contribution in [1.29, 1.82) is 5.26 Å². The lowest BCUT2D eigenvalue weighted by Crippen LogP contribution is -2.10. The molecule has 4 nitrogen and oxygen atoms in total. The molecule has 0 atom stereocenters. The van der Waals surface area contributed by atoms with Crippen molar-refractivity contribution in [2.75, 3.05) is 19.0 Å². The number of halogens is 1. The number of nitriles is 1. The lowest BCUT2D eigenvalue weighted by molar-refractivity contribution is 0.509. The van der Waals surface area contributed by atoms with Gasteiger partial charge < -0.3 is 9.64 Å². The standard InChI is InChI=1S/C29H24ClN3O/c1-32-24(19-31)16-23-11-7-10-21(29(23)30)12-13-22-17-27(20-8-5-4-6-9-20)34-28-18-25(33(2)3)14-15-26(22)28/h4-6,8-9,12-18H,7,10-11H2,2-3H3/b21-12+,22-13+,24-16+. The summed E-state index contributed by atoms with van der Waals surface area (Å²) in [5.74, 6) is 1.60. The van der Waals surface area contributed by atoms with E-state index in [-0.39, 0.29) is 5.70 Å². The van der Waals surface area contributed by atoms with Crippen LogP contribution in [0.4, 0.5) is 5.69 Å². The molecule has 1 heterocycles. The van der Waals surface area contributed by atoms with Gasteiger partial charge in [0.1, 0.15) is 11.5 Å². The molecule has 0 N–H and O–H groups in total. The average molecular weight is 466 g/mol. The van der Waals surface area contributed by atoms with Crippen molar-refractivity contribution in [3.05, 3.63) is 117 Å². The first-order chi connectivity index (χ1) is 16.5. The topological polar surface area (TPSA) is 40.6 Å². The maximum Gasteiger partial charge on any atom is 0.262 e. The number of benzene rings is 2. The van der Waals surface area contributed by atoms with Crippen LogP contribution < -0.4 is 9.64 Å². The molecule has 1 aliphatic carbocycles. The van der Waals surface area contributed by atoms with E-state index in [2.05, 4.69) is 40.1 Å². The van der Waals surface area contributed by atoms with Crippen molar-refractivity contribution >= 4 is 28.6 Å². The van der Waals surface area contributed by atoms with E-state index in [1.165, 1.54) is 0 Å². The summed E-state index contributed by atoms with van der Waals surface area (Å²) in [6.45, 7) is 7.13. The van der Waals surface area contributed by atoms with Gasteiger partial charge in [-0.3, -0.25) is 0 Å². The second-order valence-electron chi connectivity index (χ2n) is 8.31. The third-order valence-corrected chi connectivity index (χ3v) is 6.31. The Morgan fingerprint density at radius 3 is 2.65 bits per heavy atom. The van der Waals surface area contributed by atoms with Crippen LogP contribution in [0, 0.1) is 17.9 Å². The number of ether oxygens (including phenoxy) is 1. The van der Waals surface area contributed by atoms with Gasteiger partial charge >= 0.3 is 0 Å². The maximum absolute atomic E-state index is 9.10. The Labute approximate surface area is 205 Å². The molecular weight excluding hydrogens is 442 g/mol. The van der Waals surface area contributed by atoms with Gasteiger partial charge in [-0.2, -0.15) is 0 Å². The van der Waals surface area contributed by atoms with Crippen molar-refractivity contribution in [3.8, 4) is 11.8 Å². The van der Waals surface area contributed by atoms with Crippen LogP contribution in [-0.4, -0.2) is 14.1 Å². The molecule has 4 rings (SSSR count). The number of hydrogen-bond acceptors (Lipinski definition) is 3. The van der Waals surface area contributed by atoms with Gasteiger partial charge in [-0.05, 0) is 60.3 Å².